The highest BCUT2D eigenvalue weighted by Crippen LogP contribution is 2.44. The third kappa shape index (κ3) is 2.90. The van der Waals surface area contributed by atoms with Crippen molar-refractivity contribution in [1.29, 1.82) is 0 Å². The Morgan fingerprint density at radius 3 is 2.14 bits per heavy atom. The summed E-state index contributed by atoms with van der Waals surface area (Å²) in [4.78, 5) is 26.9. The standard InChI is InChI=1S/C23H24N2O4/c26-21(27)23(14-25-11-9-15(23)10-12-25)24-22(28)29-13-20-18-7-3-1-5-16(18)17-6-2-4-8-19(17)20/h1-8,15,20H,9-14H2,(H,24,28)(H,26,27). The Morgan fingerprint density at radius 1 is 1.03 bits per heavy atom. The molecule has 1 aliphatic carbocycles. The van der Waals surface area contributed by atoms with Gasteiger partial charge in [-0.15, -0.1) is 0 Å². The summed E-state index contributed by atoms with van der Waals surface area (Å²) in [5.74, 6) is -1.06. The molecule has 3 heterocycles. The molecule has 2 aromatic carbocycles. The fourth-order valence-electron chi connectivity index (χ4n) is 5.32. The smallest absolute Gasteiger partial charge is 0.408 e. The van der Waals surface area contributed by atoms with Crippen molar-refractivity contribution in [1.82, 2.24) is 10.2 Å². The van der Waals surface area contributed by atoms with Gasteiger partial charge in [0.25, 0.3) is 0 Å². The Bertz CT molecular complexity index is 921. The van der Waals surface area contributed by atoms with Crippen LogP contribution < -0.4 is 5.32 Å². The molecule has 1 atom stereocenters. The van der Waals surface area contributed by atoms with Gasteiger partial charge in [0.15, 0.2) is 5.54 Å². The maximum atomic E-state index is 12.7. The Morgan fingerprint density at radius 2 is 1.62 bits per heavy atom. The number of benzene rings is 2. The fraction of sp³-hybridized carbons (Fsp3) is 0.391. The number of aliphatic carboxylic acids is 1. The number of hydrogen-bond acceptors (Lipinski definition) is 4. The van der Waals surface area contributed by atoms with E-state index in [0.717, 1.165) is 48.2 Å². The summed E-state index contributed by atoms with van der Waals surface area (Å²) in [6, 6.07) is 16.3. The van der Waals surface area contributed by atoms with Gasteiger partial charge >= 0.3 is 12.1 Å². The first-order chi connectivity index (χ1) is 14.1. The molecule has 6 rings (SSSR count). The Kier molecular flexibility index (Phi) is 4.32. The number of fused-ring (bicyclic) bond motifs is 6. The minimum atomic E-state index is -1.25. The van der Waals surface area contributed by atoms with Crippen LogP contribution >= 0.6 is 0 Å². The SMILES string of the molecule is O=C(NC1(C(=O)O)CN2CCC1CC2)OCC1c2ccccc2-c2ccccc21. The highest BCUT2D eigenvalue weighted by Gasteiger charge is 2.53. The molecule has 6 heteroatoms. The van der Waals surface area contributed by atoms with Gasteiger partial charge in [0.05, 0.1) is 0 Å². The van der Waals surface area contributed by atoms with E-state index in [1.165, 1.54) is 0 Å². The number of hydrogen-bond donors (Lipinski definition) is 2. The van der Waals surface area contributed by atoms with Gasteiger partial charge in [-0.05, 0) is 54.1 Å². The van der Waals surface area contributed by atoms with Gasteiger partial charge in [-0.1, -0.05) is 48.5 Å². The van der Waals surface area contributed by atoms with Crippen molar-refractivity contribution in [3.8, 4) is 11.1 Å². The second-order valence-electron chi connectivity index (χ2n) is 8.28. The Hall–Kier alpha value is -2.86. The summed E-state index contributed by atoms with van der Waals surface area (Å²) in [6.07, 6.45) is 0.925. The molecule has 3 fully saturated rings. The van der Waals surface area contributed by atoms with E-state index in [4.69, 9.17) is 4.74 Å². The molecule has 3 aliphatic heterocycles. The van der Waals surface area contributed by atoms with Crippen molar-refractivity contribution in [2.75, 3.05) is 26.2 Å². The molecule has 2 aromatic rings. The number of carboxylic acids is 1. The quantitative estimate of drug-likeness (QED) is 0.836. The van der Waals surface area contributed by atoms with E-state index in [2.05, 4.69) is 34.5 Å². The van der Waals surface area contributed by atoms with Crippen LogP contribution in [0.1, 0.15) is 29.9 Å². The van der Waals surface area contributed by atoms with Crippen LogP contribution in [-0.4, -0.2) is 53.8 Å². The second kappa shape index (κ2) is 6.88. The normalized spacial score (nSPS) is 27.2. The number of ether oxygens (including phenoxy) is 1. The molecule has 3 saturated heterocycles. The molecular weight excluding hydrogens is 368 g/mol. The van der Waals surface area contributed by atoms with Crippen molar-refractivity contribution < 1.29 is 19.4 Å². The Labute approximate surface area is 169 Å². The van der Waals surface area contributed by atoms with Gasteiger partial charge in [0.2, 0.25) is 0 Å². The summed E-state index contributed by atoms with van der Waals surface area (Å²) in [7, 11) is 0. The van der Waals surface area contributed by atoms with E-state index in [1.54, 1.807) is 0 Å². The molecule has 6 nitrogen and oxygen atoms in total. The van der Waals surface area contributed by atoms with Crippen LogP contribution in [0.5, 0.6) is 0 Å². The maximum absolute atomic E-state index is 12.7. The van der Waals surface area contributed by atoms with Crippen LogP contribution in [0.2, 0.25) is 0 Å². The lowest BCUT2D eigenvalue weighted by Gasteiger charge is -2.50. The molecule has 0 aromatic heterocycles. The number of piperidine rings is 3. The van der Waals surface area contributed by atoms with E-state index in [9.17, 15) is 14.7 Å². The van der Waals surface area contributed by atoms with Crippen LogP contribution in [0.4, 0.5) is 4.79 Å². The van der Waals surface area contributed by atoms with Crippen LogP contribution in [0.3, 0.4) is 0 Å². The molecule has 0 radical (unpaired) electrons. The summed E-state index contributed by atoms with van der Waals surface area (Å²) in [6.45, 7) is 2.32. The highest BCUT2D eigenvalue weighted by molar-refractivity contribution is 5.85. The zero-order chi connectivity index (χ0) is 20.0. The second-order valence-corrected chi connectivity index (χ2v) is 8.28. The largest absolute Gasteiger partial charge is 0.479 e. The van der Waals surface area contributed by atoms with Crippen molar-refractivity contribution >= 4 is 12.1 Å². The lowest BCUT2D eigenvalue weighted by Crippen LogP contribution is -2.70. The monoisotopic (exact) mass is 392 g/mol. The minimum absolute atomic E-state index is 0.0412. The zero-order valence-corrected chi connectivity index (χ0v) is 16.1. The number of carbonyl (C=O) groups excluding carboxylic acids is 1. The summed E-state index contributed by atoms with van der Waals surface area (Å²) < 4.78 is 5.59. The predicted octanol–water partition coefficient (Wildman–Crippen LogP) is 3.07. The van der Waals surface area contributed by atoms with Crippen molar-refractivity contribution in [2.24, 2.45) is 5.92 Å². The van der Waals surface area contributed by atoms with Crippen molar-refractivity contribution in [2.45, 2.75) is 24.3 Å². The lowest BCUT2D eigenvalue weighted by molar-refractivity contribution is -0.153. The first-order valence-electron chi connectivity index (χ1n) is 10.2. The van der Waals surface area contributed by atoms with Gasteiger partial charge in [0.1, 0.15) is 6.61 Å². The van der Waals surface area contributed by atoms with Crippen LogP contribution in [-0.2, 0) is 9.53 Å². The van der Waals surface area contributed by atoms with E-state index in [1.807, 2.05) is 24.3 Å². The number of carboxylic acid groups (broad SMARTS) is 1. The maximum Gasteiger partial charge on any atom is 0.408 e. The Balaban J connectivity index is 1.33. The molecular formula is C23H24N2O4. The highest BCUT2D eigenvalue weighted by atomic mass is 16.5. The molecule has 1 amide bonds. The van der Waals surface area contributed by atoms with Crippen LogP contribution in [0.15, 0.2) is 48.5 Å². The average molecular weight is 392 g/mol. The van der Waals surface area contributed by atoms with Crippen LogP contribution in [0.25, 0.3) is 11.1 Å². The van der Waals surface area contributed by atoms with Gasteiger partial charge in [-0.2, -0.15) is 0 Å². The number of nitrogens with zero attached hydrogens (tertiary/aromatic N) is 1. The van der Waals surface area contributed by atoms with E-state index in [0.29, 0.717) is 6.54 Å². The average Bonchev–Trinajstić information content (AvgIpc) is 3.07. The minimum Gasteiger partial charge on any atom is -0.479 e. The van der Waals surface area contributed by atoms with Gasteiger partial charge in [0, 0.05) is 12.5 Å². The number of nitrogens with one attached hydrogen (secondary N) is 1. The number of amides is 1. The molecule has 0 spiro atoms. The summed E-state index contributed by atoms with van der Waals surface area (Å²) in [5, 5.41) is 12.6. The number of alkyl carbamates (subject to hydrolysis) is 1. The van der Waals surface area contributed by atoms with Crippen molar-refractivity contribution in [3.63, 3.8) is 0 Å². The zero-order valence-electron chi connectivity index (χ0n) is 16.1. The third-order valence-electron chi connectivity index (χ3n) is 6.81. The number of rotatable bonds is 4. The number of carbonyl (C=O) groups is 2. The first-order valence-corrected chi connectivity index (χ1v) is 10.2. The van der Waals surface area contributed by atoms with E-state index in [-0.39, 0.29) is 18.4 Å². The molecule has 4 aliphatic rings. The molecule has 2 N–H and O–H groups in total. The molecule has 0 saturated carbocycles. The first kappa shape index (κ1) is 18.2. The van der Waals surface area contributed by atoms with Crippen molar-refractivity contribution in [3.05, 3.63) is 59.7 Å². The summed E-state index contributed by atoms with van der Waals surface area (Å²) >= 11 is 0. The topological polar surface area (TPSA) is 78.9 Å². The molecule has 150 valence electrons. The van der Waals surface area contributed by atoms with Crippen LogP contribution in [0, 0.1) is 5.92 Å². The molecule has 2 bridgehead atoms. The van der Waals surface area contributed by atoms with Gasteiger partial charge < -0.3 is 20.1 Å². The molecule has 29 heavy (non-hydrogen) atoms. The van der Waals surface area contributed by atoms with E-state index < -0.39 is 17.6 Å². The third-order valence-corrected chi connectivity index (χ3v) is 6.81. The summed E-state index contributed by atoms with van der Waals surface area (Å²) in [5.41, 5.74) is 3.35. The van der Waals surface area contributed by atoms with Gasteiger partial charge in [-0.25, -0.2) is 9.59 Å². The predicted molar refractivity (Wildman–Crippen MR) is 108 cm³/mol. The lowest BCUT2D eigenvalue weighted by atomic mass is 9.73. The van der Waals surface area contributed by atoms with E-state index >= 15 is 0 Å². The molecule has 1 unspecified atom stereocenters. The fourth-order valence-corrected chi connectivity index (χ4v) is 5.32. The van der Waals surface area contributed by atoms with Gasteiger partial charge in [-0.3, -0.25) is 0 Å².